The van der Waals surface area contributed by atoms with Crippen LogP contribution in [-0.2, 0) is 6.42 Å². The Balaban J connectivity index is 2.16. The van der Waals surface area contributed by atoms with Crippen molar-refractivity contribution >= 4 is 11.6 Å². The van der Waals surface area contributed by atoms with Crippen LogP contribution >= 0.6 is 11.6 Å². The SMILES string of the molecule is CC1CCC(C(O)Cc2ccccc2Cl)(N(C)C)CC1. The molecule has 20 heavy (non-hydrogen) atoms. The maximum absolute atomic E-state index is 10.9. The first-order chi connectivity index (χ1) is 9.45. The maximum Gasteiger partial charge on any atom is 0.0764 e. The number of aliphatic hydroxyl groups excluding tert-OH is 1. The van der Waals surface area contributed by atoms with Crippen molar-refractivity contribution in [1.29, 1.82) is 0 Å². The number of rotatable bonds is 4. The van der Waals surface area contributed by atoms with Crippen molar-refractivity contribution < 1.29 is 5.11 Å². The molecule has 1 aliphatic carbocycles. The first-order valence-corrected chi connectivity index (χ1v) is 7.92. The molecule has 112 valence electrons. The van der Waals surface area contributed by atoms with Gasteiger partial charge >= 0.3 is 0 Å². The minimum atomic E-state index is -0.370. The molecule has 0 amide bonds. The van der Waals surface area contributed by atoms with Crippen LogP contribution in [0.5, 0.6) is 0 Å². The lowest BCUT2D eigenvalue weighted by molar-refractivity contribution is -0.0382. The topological polar surface area (TPSA) is 23.5 Å². The van der Waals surface area contributed by atoms with Crippen molar-refractivity contribution in [3.05, 3.63) is 34.9 Å². The first-order valence-electron chi connectivity index (χ1n) is 7.54. The van der Waals surface area contributed by atoms with Crippen LogP contribution in [0.3, 0.4) is 0 Å². The summed E-state index contributed by atoms with van der Waals surface area (Å²) in [5.41, 5.74) is 0.938. The van der Waals surface area contributed by atoms with Crippen molar-refractivity contribution in [3.63, 3.8) is 0 Å². The van der Waals surface area contributed by atoms with Crippen LogP contribution < -0.4 is 0 Å². The summed E-state index contributed by atoms with van der Waals surface area (Å²) in [7, 11) is 4.18. The zero-order valence-electron chi connectivity index (χ0n) is 12.8. The maximum atomic E-state index is 10.9. The molecule has 1 aliphatic rings. The molecule has 0 radical (unpaired) electrons. The Bertz CT molecular complexity index is 438. The van der Waals surface area contributed by atoms with Gasteiger partial charge in [0.2, 0.25) is 0 Å². The van der Waals surface area contributed by atoms with Crippen LogP contribution in [0.2, 0.25) is 5.02 Å². The third-order valence-corrected chi connectivity index (χ3v) is 5.39. The highest BCUT2D eigenvalue weighted by molar-refractivity contribution is 6.31. The van der Waals surface area contributed by atoms with Gasteiger partial charge in [0.05, 0.1) is 6.10 Å². The summed E-state index contributed by atoms with van der Waals surface area (Å²) in [6, 6.07) is 7.83. The number of aliphatic hydroxyl groups is 1. The van der Waals surface area contributed by atoms with E-state index in [1.807, 2.05) is 24.3 Å². The summed E-state index contributed by atoms with van der Waals surface area (Å²) >= 11 is 6.23. The largest absolute Gasteiger partial charge is 0.391 e. The molecular weight excluding hydrogens is 270 g/mol. The fraction of sp³-hybridized carbons (Fsp3) is 0.647. The van der Waals surface area contributed by atoms with Gasteiger partial charge in [0.15, 0.2) is 0 Å². The predicted molar refractivity (Wildman–Crippen MR) is 85.2 cm³/mol. The summed E-state index contributed by atoms with van der Waals surface area (Å²) in [6.07, 6.45) is 4.77. The lowest BCUT2D eigenvalue weighted by Gasteiger charge is -2.48. The first kappa shape index (κ1) is 15.8. The quantitative estimate of drug-likeness (QED) is 0.914. The molecule has 0 spiro atoms. The van der Waals surface area contributed by atoms with Crippen LogP contribution in [0.1, 0.15) is 38.2 Å². The highest BCUT2D eigenvalue weighted by atomic mass is 35.5. The molecule has 1 unspecified atom stereocenters. The van der Waals surface area contributed by atoms with Crippen LogP contribution in [-0.4, -0.2) is 35.7 Å². The van der Waals surface area contributed by atoms with Gasteiger partial charge in [-0.05, 0) is 57.3 Å². The normalized spacial score (nSPS) is 28.6. The van der Waals surface area contributed by atoms with E-state index in [0.717, 1.165) is 29.3 Å². The fourth-order valence-electron chi connectivity index (χ4n) is 3.40. The van der Waals surface area contributed by atoms with Crippen LogP contribution in [0.25, 0.3) is 0 Å². The number of nitrogens with zero attached hydrogens (tertiary/aromatic N) is 1. The predicted octanol–water partition coefficient (Wildman–Crippen LogP) is 3.75. The Morgan fingerprint density at radius 1 is 1.30 bits per heavy atom. The number of hydrogen-bond acceptors (Lipinski definition) is 2. The number of likely N-dealkylation sites (N-methyl/N-ethyl adjacent to an activating group) is 1. The highest BCUT2D eigenvalue weighted by Gasteiger charge is 2.42. The van der Waals surface area contributed by atoms with Crippen LogP contribution in [0, 0.1) is 5.92 Å². The number of hydrogen-bond donors (Lipinski definition) is 1. The van der Waals surface area contributed by atoms with Gasteiger partial charge in [-0.1, -0.05) is 36.7 Å². The zero-order valence-corrected chi connectivity index (χ0v) is 13.5. The van der Waals surface area contributed by atoms with Gasteiger partial charge in [0.1, 0.15) is 0 Å². The Morgan fingerprint density at radius 3 is 2.45 bits per heavy atom. The van der Waals surface area contributed by atoms with Crippen molar-refractivity contribution in [2.45, 2.75) is 50.7 Å². The van der Waals surface area contributed by atoms with Gasteiger partial charge in [-0.2, -0.15) is 0 Å². The summed E-state index contributed by atoms with van der Waals surface area (Å²) in [5.74, 6) is 0.774. The molecule has 1 aromatic carbocycles. The summed E-state index contributed by atoms with van der Waals surface area (Å²) < 4.78 is 0. The van der Waals surface area contributed by atoms with Crippen molar-refractivity contribution in [1.82, 2.24) is 4.90 Å². The molecule has 0 saturated heterocycles. The van der Waals surface area contributed by atoms with E-state index in [4.69, 9.17) is 11.6 Å². The smallest absolute Gasteiger partial charge is 0.0764 e. The van der Waals surface area contributed by atoms with E-state index < -0.39 is 0 Å². The van der Waals surface area contributed by atoms with Crippen molar-refractivity contribution in [3.8, 4) is 0 Å². The Hall–Kier alpha value is -0.570. The average molecular weight is 296 g/mol. The van der Waals surface area contributed by atoms with Crippen molar-refractivity contribution in [2.24, 2.45) is 5.92 Å². The molecule has 0 heterocycles. The van der Waals surface area contributed by atoms with E-state index in [-0.39, 0.29) is 11.6 Å². The standard InChI is InChI=1S/C17H26ClNO/c1-13-8-10-17(11-9-13,19(2)3)16(20)12-14-6-4-5-7-15(14)18/h4-7,13,16,20H,8-12H2,1-3H3. The molecule has 1 atom stereocenters. The Labute approximate surface area is 127 Å². The second kappa shape index (κ2) is 6.46. The summed E-state index contributed by atoms with van der Waals surface area (Å²) in [5, 5.41) is 11.6. The minimum Gasteiger partial charge on any atom is -0.391 e. The molecule has 3 heteroatoms. The monoisotopic (exact) mass is 295 g/mol. The molecule has 0 bridgehead atoms. The summed E-state index contributed by atoms with van der Waals surface area (Å²) in [4.78, 5) is 2.22. The highest BCUT2D eigenvalue weighted by Crippen LogP contribution is 2.39. The van der Waals surface area contributed by atoms with Gasteiger partial charge in [-0.3, -0.25) is 0 Å². The summed E-state index contributed by atoms with van der Waals surface area (Å²) in [6.45, 7) is 2.31. The molecule has 2 rings (SSSR count). The van der Waals surface area contributed by atoms with E-state index in [1.165, 1.54) is 12.8 Å². The Kier molecular flexibility index (Phi) is 5.11. The lowest BCUT2D eigenvalue weighted by atomic mass is 9.72. The van der Waals surface area contributed by atoms with Gasteiger partial charge < -0.3 is 10.0 Å². The van der Waals surface area contributed by atoms with Crippen molar-refractivity contribution in [2.75, 3.05) is 14.1 Å². The Morgan fingerprint density at radius 2 is 1.90 bits per heavy atom. The van der Waals surface area contributed by atoms with Gasteiger partial charge in [0.25, 0.3) is 0 Å². The molecule has 0 aromatic heterocycles. The van der Waals surface area contributed by atoms with Gasteiger partial charge in [-0.15, -0.1) is 0 Å². The molecule has 1 N–H and O–H groups in total. The van der Waals surface area contributed by atoms with Gasteiger partial charge in [-0.25, -0.2) is 0 Å². The van der Waals surface area contributed by atoms with Gasteiger partial charge in [0, 0.05) is 17.0 Å². The van der Waals surface area contributed by atoms with E-state index >= 15 is 0 Å². The third-order valence-electron chi connectivity index (χ3n) is 5.02. The molecule has 2 nitrogen and oxygen atoms in total. The molecular formula is C17H26ClNO. The van der Waals surface area contributed by atoms with Crippen LogP contribution in [0.4, 0.5) is 0 Å². The second-order valence-corrected chi connectivity index (χ2v) is 6.90. The average Bonchev–Trinajstić information content (AvgIpc) is 2.42. The molecule has 1 fully saturated rings. The van der Waals surface area contributed by atoms with E-state index in [0.29, 0.717) is 6.42 Å². The van der Waals surface area contributed by atoms with Crippen LogP contribution in [0.15, 0.2) is 24.3 Å². The zero-order chi connectivity index (χ0) is 14.8. The number of halogens is 1. The van der Waals surface area contributed by atoms with E-state index in [9.17, 15) is 5.11 Å². The lowest BCUT2D eigenvalue weighted by Crippen LogP contribution is -2.56. The molecule has 0 aliphatic heterocycles. The molecule has 1 saturated carbocycles. The minimum absolute atomic E-state index is 0.105. The molecule has 1 aromatic rings. The van der Waals surface area contributed by atoms with E-state index in [2.05, 4.69) is 25.9 Å². The van der Waals surface area contributed by atoms with E-state index in [1.54, 1.807) is 0 Å². The number of benzene rings is 1. The fourth-order valence-corrected chi connectivity index (χ4v) is 3.62. The third kappa shape index (κ3) is 3.19. The second-order valence-electron chi connectivity index (χ2n) is 6.49.